The first-order valence-electron chi connectivity index (χ1n) is 48.6. The monoisotopic (exact) mass is 1880 g/mol. The molecule has 0 aliphatic carbocycles. The van der Waals surface area contributed by atoms with Gasteiger partial charge in [-0.25, -0.2) is 74.8 Å². The molecule has 0 fully saturated rings. The van der Waals surface area contributed by atoms with Crippen molar-refractivity contribution in [2.75, 3.05) is 0 Å². The predicted octanol–water partition coefficient (Wildman–Crippen LogP) is 29.6. The minimum atomic E-state index is 0.533. The molecule has 27 aromatic rings. The molecule has 688 valence electrons. The number of rotatable bonds is 17. The Balaban J connectivity index is 0.000000148. The van der Waals surface area contributed by atoms with E-state index in [4.69, 9.17) is 64.8 Å². The molecule has 19 nitrogen and oxygen atoms in total. The molecule has 19 heteroatoms. The zero-order chi connectivity index (χ0) is 97.4. The van der Waals surface area contributed by atoms with Gasteiger partial charge < -0.3 is 18.3 Å². The second-order valence-electron chi connectivity index (χ2n) is 36.2. The lowest BCUT2D eigenvalue weighted by Gasteiger charge is -2.17. The molecule has 0 bridgehead atoms. The minimum absolute atomic E-state index is 0.533. The van der Waals surface area contributed by atoms with E-state index in [2.05, 4.69) is 313 Å². The highest BCUT2D eigenvalue weighted by Gasteiger charge is 2.29. The molecule has 0 aliphatic heterocycles. The van der Waals surface area contributed by atoms with Gasteiger partial charge in [0.05, 0.1) is 55.5 Å². The summed E-state index contributed by atoms with van der Waals surface area (Å²) in [5, 5.41) is 8.90. The summed E-state index contributed by atoms with van der Waals surface area (Å²) in [7, 11) is 0. The topological polar surface area (TPSA) is 213 Å². The van der Waals surface area contributed by atoms with E-state index < -0.39 is 0 Å². The average molecular weight is 1880 g/mol. The van der Waals surface area contributed by atoms with Crippen LogP contribution in [-0.4, -0.2) is 93.0 Å². The van der Waals surface area contributed by atoms with E-state index >= 15 is 0 Å². The first-order chi connectivity index (χ1) is 72.0. The number of fused-ring (bicyclic) bond motifs is 12. The maximum atomic E-state index is 5.40. The van der Waals surface area contributed by atoms with Crippen LogP contribution in [0, 0.1) is 27.7 Å². The van der Waals surface area contributed by atoms with E-state index in [0.717, 1.165) is 177 Å². The number of aryl methyl sites for hydroxylation is 4. The summed E-state index contributed by atoms with van der Waals surface area (Å²) in [5.41, 5.74) is 26.3. The van der Waals surface area contributed by atoms with Crippen molar-refractivity contribution in [3.8, 4) is 170 Å². The number of para-hydroxylation sites is 7. The van der Waals surface area contributed by atoms with Crippen LogP contribution in [0.15, 0.2) is 443 Å². The van der Waals surface area contributed by atoms with E-state index in [0.29, 0.717) is 87.4 Å². The maximum absolute atomic E-state index is 5.40. The Morgan fingerprint density at radius 2 is 0.384 bits per heavy atom. The fourth-order valence-electron chi connectivity index (χ4n) is 20.6. The molecule has 0 unspecified atom stereocenters. The average Bonchev–Trinajstić information content (AvgIpc) is 1.57. The first kappa shape index (κ1) is 86.5. The molecule has 0 aliphatic rings. The summed E-state index contributed by atoms with van der Waals surface area (Å²) in [6, 6.07) is 154. The fraction of sp³-hybridized carbons (Fsp3) is 0.0315. The highest BCUT2D eigenvalue weighted by Crippen LogP contribution is 2.48. The third kappa shape index (κ3) is 15.7. The van der Waals surface area contributed by atoms with Gasteiger partial charge in [0.2, 0.25) is 0 Å². The highest BCUT2D eigenvalue weighted by molar-refractivity contribution is 6.17. The molecule has 9 heterocycles. The standard InChI is InChI=1S/C66H42N8.C61H43N11/c1-6-21-43(22-7-1)61-67-62(44-23-8-2-9-24-44)70-65(69-61)48-37-39-53-51-31-16-19-36-57(51)74(59(53)42-48)58-40-38-47(50-33-20-34-54-52-32-17-18-35-56(52)73(60(50)54)49-29-14-5-15-30-49)41-55(58)66-71-63(45-25-10-3-11-26-45)68-64(72-66)46-27-12-4-13-28-46;1-36-62-37(2)65-59(64-36)43-28-31-53-49(34-43)50-35-44(60-66-38(3)63-39(4)67-60)29-32-54(50)72(53)55-30-27-42(46-24-16-25-48-47-23-14-15-26-52(47)71(56(46)48)45-21-12-7-13-22-45)33-51(55)61-69-57(40-17-8-5-9-18-40)68-58(70-61)41-19-10-6-11-20-41/h1-42H;5-35H,1-4H3. The van der Waals surface area contributed by atoms with Crippen molar-refractivity contribution in [2.24, 2.45) is 0 Å². The summed E-state index contributed by atoms with van der Waals surface area (Å²) in [6.45, 7) is 7.59. The summed E-state index contributed by atoms with van der Waals surface area (Å²) >= 11 is 0. The predicted molar refractivity (Wildman–Crippen MR) is 587 cm³/mol. The molecular weight excluding hydrogens is 1790 g/mol. The van der Waals surface area contributed by atoms with Crippen LogP contribution in [0.2, 0.25) is 0 Å². The molecule has 18 aromatic carbocycles. The van der Waals surface area contributed by atoms with Gasteiger partial charge in [0, 0.05) is 127 Å². The lowest BCUT2D eigenvalue weighted by molar-refractivity contribution is 0.928. The molecule has 0 radical (unpaired) electrons. The number of nitrogens with zero attached hydrogens (tertiary/aromatic N) is 19. The van der Waals surface area contributed by atoms with Crippen LogP contribution in [-0.2, 0) is 0 Å². The van der Waals surface area contributed by atoms with Crippen molar-refractivity contribution in [3.05, 3.63) is 466 Å². The van der Waals surface area contributed by atoms with Crippen LogP contribution in [0.3, 0.4) is 0 Å². The van der Waals surface area contributed by atoms with Crippen LogP contribution < -0.4 is 0 Å². The summed E-state index contributed by atoms with van der Waals surface area (Å²) in [6.07, 6.45) is 0. The van der Waals surface area contributed by atoms with Crippen LogP contribution >= 0.6 is 0 Å². The van der Waals surface area contributed by atoms with Crippen molar-refractivity contribution in [1.29, 1.82) is 0 Å². The lowest BCUT2D eigenvalue weighted by atomic mass is 9.98. The Bertz CT molecular complexity index is 9460. The van der Waals surface area contributed by atoms with Crippen LogP contribution in [0.25, 0.3) is 257 Å². The zero-order valence-corrected chi connectivity index (χ0v) is 79.6. The molecule has 9 aromatic heterocycles. The Morgan fingerprint density at radius 1 is 0.137 bits per heavy atom. The van der Waals surface area contributed by atoms with Crippen LogP contribution in [0.5, 0.6) is 0 Å². The second kappa shape index (κ2) is 36.5. The van der Waals surface area contributed by atoms with Gasteiger partial charge in [-0.15, -0.1) is 0 Å². The third-order valence-corrected chi connectivity index (χ3v) is 27.0. The van der Waals surface area contributed by atoms with E-state index in [1.165, 1.54) is 16.2 Å². The second-order valence-corrected chi connectivity index (χ2v) is 36.2. The number of hydrogen-bond donors (Lipinski definition) is 0. The van der Waals surface area contributed by atoms with E-state index in [1.54, 1.807) is 0 Å². The molecule has 146 heavy (non-hydrogen) atoms. The third-order valence-electron chi connectivity index (χ3n) is 27.0. The Labute approximate surface area is 838 Å². The Hall–Kier alpha value is -19.8. The number of aromatic nitrogens is 19. The summed E-state index contributed by atoms with van der Waals surface area (Å²) < 4.78 is 9.44. The summed E-state index contributed by atoms with van der Waals surface area (Å²) in [5.74, 6) is 9.05. The Morgan fingerprint density at radius 3 is 0.733 bits per heavy atom. The van der Waals surface area contributed by atoms with Crippen LogP contribution in [0.4, 0.5) is 0 Å². The highest BCUT2D eigenvalue weighted by atomic mass is 15.1. The molecule has 0 saturated carbocycles. The van der Waals surface area contributed by atoms with E-state index in [-0.39, 0.29) is 0 Å². The van der Waals surface area contributed by atoms with Gasteiger partial charge in [-0.1, -0.05) is 334 Å². The molecule has 27 rings (SSSR count). The maximum Gasteiger partial charge on any atom is 0.166 e. The normalized spacial score (nSPS) is 11.6. The Kier molecular flexibility index (Phi) is 21.6. The van der Waals surface area contributed by atoms with Crippen LogP contribution in [0.1, 0.15) is 23.3 Å². The molecular formula is C127H85N19. The quantitative estimate of drug-likeness (QED) is 0.0829. The minimum Gasteiger partial charge on any atom is -0.309 e. The zero-order valence-electron chi connectivity index (χ0n) is 79.6. The molecule has 0 spiro atoms. The van der Waals surface area contributed by atoms with Gasteiger partial charge in [0.25, 0.3) is 0 Å². The largest absolute Gasteiger partial charge is 0.309 e. The first-order valence-corrected chi connectivity index (χ1v) is 48.6. The van der Waals surface area contributed by atoms with Crippen molar-refractivity contribution >= 4 is 87.2 Å². The van der Waals surface area contributed by atoms with Gasteiger partial charge in [-0.2, -0.15) is 0 Å². The molecule has 0 atom stereocenters. The van der Waals surface area contributed by atoms with E-state index in [9.17, 15) is 0 Å². The number of benzene rings is 18. The smallest absolute Gasteiger partial charge is 0.166 e. The molecule has 0 saturated heterocycles. The molecule has 0 N–H and O–H groups in total. The van der Waals surface area contributed by atoms with E-state index in [1.807, 2.05) is 185 Å². The van der Waals surface area contributed by atoms with Crippen molar-refractivity contribution in [2.45, 2.75) is 27.7 Å². The number of hydrogen-bond acceptors (Lipinski definition) is 15. The van der Waals surface area contributed by atoms with Gasteiger partial charge in [-0.3, -0.25) is 0 Å². The van der Waals surface area contributed by atoms with Crippen molar-refractivity contribution in [1.82, 2.24) is 93.0 Å². The van der Waals surface area contributed by atoms with Gasteiger partial charge in [0.15, 0.2) is 64.1 Å². The van der Waals surface area contributed by atoms with Gasteiger partial charge in [-0.05, 0) is 148 Å². The summed E-state index contributed by atoms with van der Waals surface area (Å²) in [4.78, 5) is 75.2. The fourth-order valence-corrected chi connectivity index (χ4v) is 20.6. The molecule has 0 amide bonds. The lowest BCUT2D eigenvalue weighted by Crippen LogP contribution is -2.04. The van der Waals surface area contributed by atoms with Gasteiger partial charge >= 0.3 is 0 Å². The van der Waals surface area contributed by atoms with Crippen molar-refractivity contribution in [3.63, 3.8) is 0 Å². The van der Waals surface area contributed by atoms with Gasteiger partial charge in [0.1, 0.15) is 23.3 Å². The van der Waals surface area contributed by atoms with Crippen molar-refractivity contribution < 1.29 is 0 Å². The SMILES string of the molecule is Cc1nc(C)nc(-c2ccc3c(c2)c2cc(-c4nc(C)nc(C)n4)ccc2n3-c2ccc(-c3cccc4c5ccccc5n(-c5ccccc5)c34)cc2-c2nc(-c3ccccc3)nc(-c3ccccc3)n2)n1.c1ccc(-c2nc(-c3ccccc3)nc(-c3ccc4c5ccccc5n(-c5ccc(-c6cccc7c8ccccc8n(-c8ccccc8)c67)cc5-c5nc(-c6ccccc6)nc(-c6ccccc6)n5)c4c3)n2)cc1.